The van der Waals surface area contributed by atoms with Crippen LogP contribution in [0.25, 0.3) is 0 Å². The van der Waals surface area contributed by atoms with Crippen LogP contribution in [0.5, 0.6) is 0 Å². The molecule has 0 spiro atoms. The van der Waals surface area contributed by atoms with Gasteiger partial charge < -0.3 is 9.80 Å². The van der Waals surface area contributed by atoms with Crippen LogP contribution in [-0.4, -0.2) is 73.6 Å². The van der Waals surface area contributed by atoms with Crippen molar-refractivity contribution < 1.29 is 18.0 Å². The van der Waals surface area contributed by atoms with Crippen LogP contribution in [0.2, 0.25) is 0 Å². The summed E-state index contributed by atoms with van der Waals surface area (Å²) in [5, 5.41) is 0. The molecular weight excluding hydrogens is 386 g/mol. The van der Waals surface area contributed by atoms with Crippen molar-refractivity contribution in [2.24, 2.45) is 0 Å². The van der Waals surface area contributed by atoms with Gasteiger partial charge in [-0.3, -0.25) is 9.59 Å². The summed E-state index contributed by atoms with van der Waals surface area (Å²) in [6, 6.07) is 3.37. The van der Waals surface area contributed by atoms with Gasteiger partial charge in [0.05, 0.1) is 6.42 Å². The second kappa shape index (κ2) is 8.70. The van der Waals surface area contributed by atoms with E-state index in [1.165, 1.54) is 11.3 Å². The van der Waals surface area contributed by atoms with Crippen molar-refractivity contribution in [1.82, 2.24) is 14.1 Å². The molecule has 7 nitrogen and oxygen atoms in total. The number of rotatable bonds is 5. The number of hydrogen-bond acceptors (Lipinski definition) is 5. The topological polar surface area (TPSA) is 78.0 Å². The molecule has 3 heterocycles. The first-order chi connectivity index (χ1) is 12.9. The molecule has 3 rings (SSSR count). The van der Waals surface area contributed by atoms with Crippen molar-refractivity contribution in [2.75, 3.05) is 39.3 Å². The van der Waals surface area contributed by atoms with Gasteiger partial charge in [-0.1, -0.05) is 13.3 Å². The van der Waals surface area contributed by atoms with Gasteiger partial charge in [-0.15, -0.1) is 11.3 Å². The first-order valence-electron chi connectivity index (χ1n) is 9.56. The summed E-state index contributed by atoms with van der Waals surface area (Å²) in [6.45, 7) is 5.20. The molecule has 0 saturated carbocycles. The molecule has 1 aromatic heterocycles. The zero-order valence-electron chi connectivity index (χ0n) is 15.7. The Morgan fingerprint density at radius 3 is 2.11 bits per heavy atom. The standard InChI is InChI=1S/C18H27N3O4S2/c1-2-16(22)19-10-12-20(13-11-19)17(23)14-15-6-7-18(26-15)27(24,25)21-8-4-3-5-9-21/h6-7H,2-5,8-14H2,1H3. The molecule has 0 aromatic carbocycles. The minimum atomic E-state index is -3.44. The molecule has 2 saturated heterocycles. The summed E-state index contributed by atoms with van der Waals surface area (Å²) < 4.78 is 27.3. The Morgan fingerprint density at radius 1 is 0.926 bits per heavy atom. The Kier molecular flexibility index (Phi) is 6.54. The summed E-state index contributed by atoms with van der Waals surface area (Å²) in [7, 11) is -3.44. The summed E-state index contributed by atoms with van der Waals surface area (Å²) in [4.78, 5) is 28.6. The number of piperazine rings is 1. The van der Waals surface area contributed by atoms with E-state index in [4.69, 9.17) is 0 Å². The van der Waals surface area contributed by atoms with Crippen LogP contribution < -0.4 is 0 Å². The lowest BCUT2D eigenvalue weighted by Crippen LogP contribution is -2.50. The third-order valence-electron chi connectivity index (χ3n) is 5.16. The lowest BCUT2D eigenvalue weighted by atomic mass is 10.2. The molecule has 2 amide bonds. The molecule has 2 aliphatic heterocycles. The van der Waals surface area contributed by atoms with Gasteiger partial charge in [0.15, 0.2) is 0 Å². The van der Waals surface area contributed by atoms with Gasteiger partial charge in [-0.05, 0) is 25.0 Å². The second-order valence-electron chi connectivity index (χ2n) is 6.98. The summed E-state index contributed by atoms with van der Waals surface area (Å²) >= 11 is 1.19. The van der Waals surface area contributed by atoms with E-state index in [1.807, 2.05) is 6.92 Å². The van der Waals surface area contributed by atoms with Crippen LogP contribution in [0, 0.1) is 0 Å². The number of carbonyl (C=O) groups excluding carboxylic acids is 2. The van der Waals surface area contributed by atoms with Crippen molar-refractivity contribution in [3.63, 3.8) is 0 Å². The van der Waals surface area contributed by atoms with E-state index in [9.17, 15) is 18.0 Å². The lowest BCUT2D eigenvalue weighted by Gasteiger charge is -2.34. The fourth-order valence-electron chi connectivity index (χ4n) is 3.51. The van der Waals surface area contributed by atoms with Crippen LogP contribution in [-0.2, 0) is 26.0 Å². The van der Waals surface area contributed by atoms with Crippen LogP contribution in [0.3, 0.4) is 0 Å². The molecule has 2 fully saturated rings. The van der Waals surface area contributed by atoms with Crippen LogP contribution in [0.4, 0.5) is 0 Å². The Hall–Kier alpha value is -1.45. The van der Waals surface area contributed by atoms with E-state index in [0.29, 0.717) is 49.9 Å². The largest absolute Gasteiger partial charge is 0.339 e. The maximum Gasteiger partial charge on any atom is 0.252 e. The lowest BCUT2D eigenvalue weighted by molar-refractivity contribution is -0.138. The van der Waals surface area contributed by atoms with Crippen LogP contribution in [0.1, 0.15) is 37.5 Å². The highest BCUT2D eigenvalue weighted by Gasteiger charge is 2.28. The van der Waals surface area contributed by atoms with Gasteiger partial charge >= 0.3 is 0 Å². The predicted molar refractivity (Wildman–Crippen MR) is 104 cm³/mol. The minimum Gasteiger partial charge on any atom is -0.339 e. The number of amides is 2. The first-order valence-corrected chi connectivity index (χ1v) is 11.8. The Balaban J connectivity index is 1.58. The van der Waals surface area contributed by atoms with E-state index < -0.39 is 10.0 Å². The van der Waals surface area contributed by atoms with E-state index in [-0.39, 0.29) is 18.2 Å². The zero-order valence-corrected chi connectivity index (χ0v) is 17.4. The van der Waals surface area contributed by atoms with E-state index >= 15 is 0 Å². The third-order valence-corrected chi connectivity index (χ3v) is 8.61. The van der Waals surface area contributed by atoms with Crippen LogP contribution >= 0.6 is 11.3 Å². The monoisotopic (exact) mass is 413 g/mol. The number of carbonyl (C=O) groups is 2. The van der Waals surface area contributed by atoms with Gasteiger partial charge in [0.25, 0.3) is 10.0 Å². The molecule has 0 unspecified atom stereocenters. The van der Waals surface area contributed by atoms with Gasteiger partial charge in [0.1, 0.15) is 4.21 Å². The summed E-state index contributed by atoms with van der Waals surface area (Å²) in [6.07, 6.45) is 3.58. The summed E-state index contributed by atoms with van der Waals surface area (Å²) in [5.41, 5.74) is 0. The molecule has 2 aliphatic rings. The number of piperidine rings is 1. The average molecular weight is 414 g/mol. The van der Waals surface area contributed by atoms with Crippen LogP contribution in [0.15, 0.2) is 16.3 Å². The van der Waals surface area contributed by atoms with Gasteiger partial charge in [0, 0.05) is 50.6 Å². The number of hydrogen-bond donors (Lipinski definition) is 0. The normalized spacial score (nSPS) is 19.3. The maximum atomic E-state index is 12.7. The van der Waals surface area contributed by atoms with Gasteiger partial charge in [0.2, 0.25) is 11.8 Å². The number of thiophene rings is 1. The molecule has 1 aromatic rings. The van der Waals surface area contributed by atoms with Crippen molar-refractivity contribution in [2.45, 2.75) is 43.2 Å². The Morgan fingerprint density at radius 2 is 1.52 bits per heavy atom. The first kappa shape index (κ1) is 20.3. The third kappa shape index (κ3) is 4.70. The van der Waals surface area contributed by atoms with Crippen molar-refractivity contribution in [3.8, 4) is 0 Å². The molecule has 150 valence electrons. The molecule has 0 aliphatic carbocycles. The fourth-order valence-corrected chi connectivity index (χ4v) is 6.53. The van der Waals surface area contributed by atoms with Gasteiger partial charge in [-0.25, -0.2) is 8.42 Å². The highest BCUT2D eigenvalue weighted by molar-refractivity contribution is 7.91. The molecule has 0 radical (unpaired) electrons. The summed E-state index contributed by atoms with van der Waals surface area (Å²) in [5.74, 6) is 0.107. The minimum absolute atomic E-state index is 0.0117. The molecule has 0 N–H and O–H groups in total. The quantitative estimate of drug-likeness (QED) is 0.734. The zero-order chi connectivity index (χ0) is 19.4. The van der Waals surface area contributed by atoms with Crippen molar-refractivity contribution >= 4 is 33.2 Å². The Bertz CT molecular complexity index is 776. The van der Waals surface area contributed by atoms with E-state index in [1.54, 1.807) is 26.2 Å². The highest BCUT2D eigenvalue weighted by Crippen LogP contribution is 2.27. The molecule has 0 bridgehead atoms. The molecule has 9 heteroatoms. The van der Waals surface area contributed by atoms with Crippen molar-refractivity contribution in [3.05, 3.63) is 17.0 Å². The van der Waals surface area contributed by atoms with E-state index in [0.717, 1.165) is 24.1 Å². The highest BCUT2D eigenvalue weighted by atomic mass is 32.2. The average Bonchev–Trinajstić information content (AvgIpc) is 3.17. The number of nitrogens with zero attached hydrogens (tertiary/aromatic N) is 3. The maximum absolute atomic E-state index is 12.7. The second-order valence-corrected chi connectivity index (χ2v) is 10.3. The SMILES string of the molecule is CCC(=O)N1CCN(C(=O)Cc2ccc(S(=O)(=O)N3CCCCC3)s2)CC1. The van der Waals surface area contributed by atoms with Crippen molar-refractivity contribution in [1.29, 1.82) is 0 Å². The Labute approximate surface area is 165 Å². The van der Waals surface area contributed by atoms with Gasteiger partial charge in [-0.2, -0.15) is 4.31 Å². The smallest absolute Gasteiger partial charge is 0.252 e. The molecule has 27 heavy (non-hydrogen) atoms. The predicted octanol–water partition coefficient (Wildman–Crippen LogP) is 1.55. The fraction of sp³-hybridized carbons (Fsp3) is 0.667. The molecular formula is C18H27N3O4S2. The molecule has 0 atom stereocenters. The number of sulfonamides is 1. The van der Waals surface area contributed by atoms with E-state index in [2.05, 4.69) is 0 Å².